The smallest absolute Gasteiger partial charge is 0.269 e. The number of hydrogen-bond donors (Lipinski definition) is 2. The number of nitrogens with two attached hydrogens (primary N) is 1. The van der Waals surface area contributed by atoms with Crippen LogP contribution in [0.15, 0.2) is 12.3 Å². The number of pyridine rings is 1. The van der Waals surface area contributed by atoms with Crippen LogP contribution in [-0.4, -0.2) is 16.5 Å². The number of rotatable bonds is 2. The average molecular weight is 192 g/mol. The van der Waals surface area contributed by atoms with Crippen LogP contribution in [0.1, 0.15) is 11.8 Å². The van der Waals surface area contributed by atoms with Crippen molar-refractivity contribution in [2.75, 3.05) is 5.73 Å². The van der Waals surface area contributed by atoms with Gasteiger partial charge in [0.1, 0.15) is 0 Å². The maximum Gasteiger partial charge on any atom is 0.269 e. The van der Waals surface area contributed by atoms with E-state index in [1.54, 1.807) is 0 Å². The Hall–Kier alpha value is -1.30. The highest BCUT2D eigenvalue weighted by atomic mass is 19.3. The Balaban J connectivity index is 2.97. The summed E-state index contributed by atoms with van der Waals surface area (Å²) in [6, 6.07) is 0.881. The summed E-state index contributed by atoms with van der Waals surface area (Å²) >= 11 is 0. The third-order valence-electron chi connectivity index (χ3n) is 1.45. The first kappa shape index (κ1) is 9.79. The zero-order valence-corrected chi connectivity index (χ0v) is 6.42. The van der Waals surface area contributed by atoms with Gasteiger partial charge in [-0.2, -0.15) is 0 Å². The molecule has 0 amide bonds. The molecule has 0 aliphatic carbocycles. The van der Waals surface area contributed by atoms with Crippen LogP contribution in [0.4, 0.5) is 18.9 Å². The molecule has 1 heterocycles. The highest BCUT2D eigenvalue weighted by Crippen LogP contribution is 2.20. The topological polar surface area (TPSA) is 59.1 Å². The molecule has 0 fully saturated rings. The number of alkyl halides is 2. The van der Waals surface area contributed by atoms with Gasteiger partial charge in [-0.15, -0.1) is 0 Å². The first-order chi connectivity index (χ1) is 6.02. The van der Waals surface area contributed by atoms with Gasteiger partial charge in [-0.3, -0.25) is 4.98 Å². The Bertz CT molecular complexity index is 306. The molecule has 1 rings (SSSR count). The normalized spacial score (nSPS) is 13.3. The molecule has 1 atom stereocenters. The van der Waals surface area contributed by atoms with Crippen LogP contribution in [-0.2, 0) is 0 Å². The van der Waals surface area contributed by atoms with Crippen LogP contribution < -0.4 is 5.73 Å². The van der Waals surface area contributed by atoms with E-state index in [4.69, 9.17) is 10.8 Å². The number of hydrogen-bond acceptors (Lipinski definition) is 3. The number of anilines is 1. The number of aromatic nitrogens is 1. The number of aliphatic hydroxyl groups is 1. The Kier molecular flexibility index (Phi) is 2.72. The standard InChI is InChI=1S/C7H7F3N2O/c8-3-2-12-5(1-4(3)11)6(13)7(9)10/h1-2,6-7,13H,(H2,11,12). The second-order valence-electron chi connectivity index (χ2n) is 2.41. The number of aliphatic hydroxyl groups excluding tert-OH is 1. The van der Waals surface area contributed by atoms with Crippen molar-refractivity contribution in [3.63, 3.8) is 0 Å². The van der Waals surface area contributed by atoms with Gasteiger partial charge >= 0.3 is 0 Å². The van der Waals surface area contributed by atoms with Crippen LogP contribution in [0, 0.1) is 5.82 Å². The van der Waals surface area contributed by atoms with E-state index < -0.39 is 18.3 Å². The summed E-state index contributed by atoms with van der Waals surface area (Å²) in [7, 11) is 0. The molecular weight excluding hydrogens is 185 g/mol. The SMILES string of the molecule is Nc1cc(C(O)C(F)F)ncc1F. The third kappa shape index (κ3) is 2.09. The van der Waals surface area contributed by atoms with Crippen LogP contribution in [0.25, 0.3) is 0 Å². The van der Waals surface area contributed by atoms with Crippen molar-refractivity contribution in [2.24, 2.45) is 0 Å². The van der Waals surface area contributed by atoms with E-state index in [0.29, 0.717) is 6.20 Å². The fourth-order valence-electron chi connectivity index (χ4n) is 0.762. The summed E-state index contributed by atoms with van der Waals surface area (Å²) in [6.45, 7) is 0. The van der Waals surface area contributed by atoms with Crippen molar-refractivity contribution in [3.8, 4) is 0 Å². The lowest BCUT2D eigenvalue weighted by atomic mass is 10.2. The van der Waals surface area contributed by atoms with Crippen LogP contribution >= 0.6 is 0 Å². The molecule has 3 nitrogen and oxygen atoms in total. The van der Waals surface area contributed by atoms with Crippen molar-refractivity contribution in [2.45, 2.75) is 12.5 Å². The van der Waals surface area contributed by atoms with Gasteiger partial charge < -0.3 is 10.8 Å². The number of nitrogen functional groups attached to an aromatic ring is 1. The first-order valence-corrected chi connectivity index (χ1v) is 3.39. The summed E-state index contributed by atoms with van der Waals surface area (Å²) in [5, 5.41) is 8.82. The lowest BCUT2D eigenvalue weighted by Crippen LogP contribution is -2.10. The van der Waals surface area contributed by atoms with Gasteiger partial charge in [0.15, 0.2) is 11.9 Å². The predicted molar refractivity (Wildman–Crippen MR) is 39.6 cm³/mol. The van der Waals surface area contributed by atoms with Gasteiger partial charge in [-0.05, 0) is 6.07 Å². The molecule has 0 radical (unpaired) electrons. The maximum absolute atomic E-state index is 12.5. The average Bonchev–Trinajstić information content (AvgIpc) is 2.08. The number of nitrogens with zero attached hydrogens (tertiary/aromatic N) is 1. The van der Waals surface area contributed by atoms with Crippen molar-refractivity contribution < 1.29 is 18.3 Å². The fourth-order valence-corrected chi connectivity index (χ4v) is 0.762. The molecule has 0 bridgehead atoms. The minimum atomic E-state index is -2.96. The number of halogens is 3. The third-order valence-corrected chi connectivity index (χ3v) is 1.45. The van der Waals surface area contributed by atoms with E-state index in [9.17, 15) is 13.2 Å². The summed E-state index contributed by atoms with van der Waals surface area (Å²) in [6.07, 6.45) is -4.30. The summed E-state index contributed by atoms with van der Waals surface area (Å²) in [5.74, 6) is -0.801. The quantitative estimate of drug-likeness (QED) is 0.737. The van der Waals surface area contributed by atoms with E-state index in [2.05, 4.69) is 4.98 Å². The molecule has 6 heteroatoms. The van der Waals surface area contributed by atoms with Crippen LogP contribution in [0.2, 0.25) is 0 Å². The van der Waals surface area contributed by atoms with Crippen LogP contribution in [0.5, 0.6) is 0 Å². The van der Waals surface area contributed by atoms with E-state index in [1.807, 2.05) is 0 Å². The fraction of sp³-hybridized carbons (Fsp3) is 0.286. The largest absolute Gasteiger partial charge is 0.396 e. The van der Waals surface area contributed by atoms with E-state index in [0.717, 1.165) is 6.07 Å². The molecular formula is C7H7F3N2O. The van der Waals surface area contributed by atoms with Crippen molar-refractivity contribution in [1.29, 1.82) is 0 Å². The highest BCUT2D eigenvalue weighted by Gasteiger charge is 2.21. The molecule has 0 aliphatic rings. The van der Waals surface area contributed by atoms with Crippen molar-refractivity contribution in [1.82, 2.24) is 4.98 Å². The van der Waals surface area contributed by atoms with Gasteiger partial charge in [0.25, 0.3) is 6.43 Å². The van der Waals surface area contributed by atoms with E-state index in [1.165, 1.54) is 0 Å². The minimum absolute atomic E-state index is 0.315. The maximum atomic E-state index is 12.5. The van der Waals surface area contributed by atoms with Gasteiger partial charge in [0.05, 0.1) is 17.6 Å². The van der Waals surface area contributed by atoms with Gasteiger partial charge in [-0.1, -0.05) is 0 Å². The summed E-state index contributed by atoms with van der Waals surface area (Å²) in [4.78, 5) is 3.28. The monoisotopic (exact) mass is 192 g/mol. The molecule has 0 spiro atoms. The Morgan fingerprint density at radius 3 is 2.54 bits per heavy atom. The second-order valence-corrected chi connectivity index (χ2v) is 2.41. The Morgan fingerprint density at radius 1 is 1.46 bits per heavy atom. The second kappa shape index (κ2) is 3.61. The van der Waals surface area contributed by atoms with E-state index in [-0.39, 0.29) is 11.4 Å². The lowest BCUT2D eigenvalue weighted by Gasteiger charge is -2.08. The first-order valence-electron chi connectivity index (χ1n) is 3.39. The summed E-state index contributed by atoms with van der Waals surface area (Å²) in [5.41, 5.74) is 4.43. The van der Waals surface area contributed by atoms with Gasteiger partial charge in [-0.25, -0.2) is 13.2 Å². The molecule has 0 aliphatic heterocycles. The molecule has 1 unspecified atom stereocenters. The lowest BCUT2D eigenvalue weighted by molar-refractivity contribution is -0.00822. The molecule has 72 valence electrons. The molecule has 1 aromatic rings. The zero-order chi connectivity index (χ0) is 10.0. The molecule has 3 N–H and O–H groups in total. The summed E-state index contributed by atoms with van der Waals surface area (Å²) < 4.78 is 36.4. The molecule has 0 aromatic carbocycles. The van der Waals surface area contributed by atoms with Crippen molar-refractivity contribution in [3.05, 3.63) is 23.8 Å². The molecule has 1 aromatic heterocycles. The molecule has 13 heavy (non-hydrogen) atoms. The zero-order valence-electron chi connectivity index (χ0n) is 6.42. The van der Waals surface area contributed by atoms with Gasteiger partial charge in [0.2, 0.25) is 0 Å². The van der Waals surface area contributed by atoms with E-state index >= 15 is 0 Å². The molecule has 0 saturated carbocycles. The Labute approximate surface area is 72.0 Å². The van der Waals surface area contributed by atoms with Crippen LogP contribution in [0.3, 0.4) is 0 Å². The highest BCUT2D eigenvalue weighted by molar-refractivity contribution is 5.39. The minimum Gasteiger partial charge on any atom is -0.396 e. The predicted octanol–water partition coefficient (Wildman–Crippen LogP) is 1.10. The van der Waals surface area contributed by atoms with Crippen molar-refractivity contribution >= 4 is 5.69 Å². The Morgan fingerprint density at radius 2 is 2.08 bits per heavy atom. The van der Waals surface area contributed by atoms with Gasteiger partial charge in [0, 0.05) is 0 Å². The molecule has 0 saturated heterocycles.